The molecule has 9 heteroatoms. The SMILES string of the molecule is [C-]#[N+]c1ccc(-c2nc(N3CCC(N)CC3)c(Cl)c(=O)n2-c2ccc(C3CC3)c(F)c2)cc1F. The van der Waals surface area contributed by atoms with E-state index in [-0.39, 0.29) is 45.6 Å². The van der Waals surface area contributed by atoms with Crippen LogP contribution in [0.25, 0.3) is 21.9 Å². The molecule has 1 aromatic heterocycles. The third kappa shape index (κ3) is 4.06. The van der Waals surface area contributed by atoms with E-state index in [4.69, 9.17) is 23.9 Å². The van der Waals surface area contributed by atoms with E-state index in [2.05, 4.69) is 9.83 Å². The van der Waals surface area contributed by atoms with Gasteiger partial charge >= 0.3 is 0 Å². The van der Waals surface area contributed by atoms with Gasteiger partial charge in [-0.15, -0.1) is 0 Å². The first-order chi connectivity index (χ1) is 16.4. The standard InChI is InChI=1S/C25H22ClF2N5O/c1-30-21-7-4-15(12-20(21)28)23-31-24(32-10-8-16(29)9-11-32)22(26)25(34)33(23)17-5-6-18(14-2-3-14)19(27)13-17/h4-7,12-14,16H,2-3,8-11,29H2. The summed E-state index contributed by atoms with van der Waals surface area (Å²) in [7, 11) is 0. The van der Waals surface area contributed by atoms with Crippen LogP contribution in [0.3, 0.4) is 0 Å². The number of hydrogen-bond donors (Lipinski definition) is 1. The summed E-state index contributed by atoms with van der Waals surface area (Å²) in [5.41, 5.74) is 6.44. The molecule has 2 aromatic carbocycles. The van der Waals surface area contributed by atoms with Crippen LogP contribution in [0, 0.1) is 18.2 Å². The van der Waals surface area contributed by atoms with Gasteiger partial charge in [-0.2, -0.15) is 0 Å². The third-order valence-corrected chi connectivity index (χ3v) is 6.77. The van der Waals surface area contributed by atoms with Crippen LogP contribution in [0.4, 0.5) is 20.3 Å². The van der Waals surface area contributed by atoms with E-state index in [9.17, 15) is 13.6 Å². The molecule has 0 spiro atoms. The van der Waals surface area contributed by atoms with Crippen LogP contribution in [-0.2, 0) is 0 Å². The second-order valence-corrected chi connectivity index (χ2v) is 9.17. The minimum atomic E-state index is -0.732. The van der Waals surface area contributed by atoms with Crippen molar-refractivity contribution in [2.24, 2.45) is 5.73 Å². The first-order valence-electron chi connectivity index (χ1n) is 11.2. The van der Waals surface area contributed by atoms with Crippen molar-refractivity contribution in [2.45, 2.75) is 37.6 Å². The van der Waals surface area contributed by atoms with Crippen molar-refractivity contribution in [1.29, 1.82) is 0 Å². The largest absolute Gasteiger partial charge is 0.355 e. The molecule has 1 aliphatic carbocycles. The van der Waals surface area contributed by atoms with Crippen LogP contribution in [0.1, 0.15) is 37.2 Å². The van der Waals surface area contributed by atoms with E-state index in [1.165, 1.54) is 22.8 Å². The summed E-state index contributed by atoms with van der Waals surface area (Å²) >= 11 is 6.51. The number of nitrogens with zero attached hydrogens (tertiary/aromatic N) is 4. The molecule has 2 N–H and O–H groups in total. The topological polar surface area (TPSA) is 68.5 Å². The van der Waals surface area contributed by atoms with Crippen molar-refractivity contribution in [2.75, 3.05) is 18.0 Å². The Morgan fingerprint density at radius 3 is 2.41 bits per heavy atom. The molecule has 0 unspecified atom stereocenters. The second kappa shape index (κ2) is 8.82. The molecule has 5 rings (SSSR count). The lowest BCUT2D eigenvalue weighted by atomic mass is 10.1. The zero-order valence-electron chi connectivity index (χ0n) is 18.3. The van der Waals surface area contributed by atoms with Gasteiger partial charge in [0.25, 0.3) is 5.56 Å². The summed E-state index contributed by atoms with van der Waals surface area (Å²) in [6, 6.07) is 8.70. The molecule has 0 radical (unpaired) electrons. The van der Waals surface area contributed by atoms with Crippen molar-refractivity contribution < 1.29 is 8.78 Å². The Labute approximate surface area is 200 Å². The molecular weight excluding hydrogens is 460 g/mol. The fraction of sp³-hybridized carbons (Fsp3) is 0.320. The summed E-state index contributed by atoms with van der Waals surface area (Å²) in [6.07, 6.45) is 3.32. The summed E-state index contributed by atoms with van der Waals surface area (Å²) in [5.74, 6) is -0.528. The van der Waals surface area contributed by atoms with Crippen molar-refractivity contribution in [1.82, 2.24) is 9.55 Å². The summed E-state index contributed by atoms with van der Waals surface area (Å²) in [5, 5.41) is -0.0934. The quantitative estimate of drug-likeness (QED) is 0.521. The number of piperidine rings is 1. The highest BCUT2D eigenvalue weighted by Gasteiger charge is 2.28. The van der Waals surface area contributed by atoms with E-state index in [1.54, 1.807) is 12.1 Å². The van der Waals surface area contributed by atoms with Crippen molar-refractivity contribution >= 4 is 23.1 Å². The lowest BCUT2D eigenvalue weighted by Gasteiger charge is -2.32. The highest BCUT2D eigenvalue weighted by molar-refractivity contribution is 6.32. The Bertz CT molecular complexity index is 1370. The first-order valence-corrected chi connectivity index (χ1v) is 11.6. The van der Waals surface area contributed by atoms with Gasteiger partial charge in [0.2, 0.25) is 5.69 Å². The van der Waals surface area contributed by atoms with Gasteiger partial charge in [-0.25, -0.2) is 18.6 Å². The highest BCUT2D eigenvalue weighted by Crippen LogP contribution is 2.41. The van der Waals surface area contributed by atoms with Gasteiger partial charge in [0.1, 0.15) is 22.5 Å². The molecular formula is C25H22ClF2N5O. The summed E-state index contributed by atoms with van der Waals surface area (Å²) < 4.78 is 30.6. The average Bonchev–Trinajstić information content (AvgIpc) is 3.66. The number of aromatic nitrogens is 2. The van der Waals surface area contributed by atoms with Gasteiger partial charge in [-0.05, 0) is 55.4 Å². The molecule has 2 fully saturated rings. The smallest absolute Gasteiger partial charge is 0.279 e. The van der Waals surface area contributed by atoms with Gasteiger partial charge in [0.15, 0.2) is 5.82 Å². The Kier molecular flexibility index (Phi) is 5.84. The normalized spacial score (nSPS) is 16.5. The Balaban J connectivity index is 1.71. The molecule has 174 valence electrons. The second-order valence-electron chi connectivity index (χ2n) is 8.80. The molecule has 2 heterocycles. The lowest BCUT2D eigenvalue weighted by molar-refractivity contribution is 0.498. The molecule has 0 bridgehead atoms. The molecule has 1 saturated carbocycles. The molecule has 0 atom stereocenters. The van der Waals surface area contributed by atoms with Crippen LogP contribution in [0.2, 0.25) is 5.02 Å². The fourth-order valence-electron chi connectivity index (χ4n) is 4.36. The van der Waals surface area contributed by atoms with Crippen LogP contribution in [0.15, 0.2) is 41.2 Å². The number of anilines is 1. The van der Waals surface area contributed by atoms with Gasteiger partial charge < -0.3 is 10.6 Å². The highest BCUT2D eigenvalue weighted by atomic mass is 35.5. The van der Waals surface area contributed by atoms with Gasteiger partial charge in [-0.1, -0.05) is 29.8 Å². The molecule has 1 aliphatic heterocycles. The van der Waals surface area contributed by atoms with Gasteiger partial charge in [0.05, 0.1) is 12.3 Å². The minimum absolute atomic E-state index is 0.0677. The molecule has 1 saturated heterocycles. The van der Waals surface area contributed by atoms with Crippen molar-refractivity contribution in [3.05, 3.63) is 80.4 Å². The van der Waals surface area contributed by atoms with Crippen LogP contribution >= 0.6 is 11.6 Å². The maximum atomic E-state index is 14.9. The predicted molar refractivity (Wildman–Crippen MR) is 128 cm³/mol. The van der Waals surface area contributed by atoms with E-state index < -0.39 is 17.2 Å². The number of halogens is 3. The summed E-state index contributed by atoms with van der Waals surface area (Å²) in [4.78, 5) is 23.2. The Morgan fingerprint density at radius 1 is 1.06 bits per heavy atom. The Morgan fingerprint density at radius 2 is 1.79 bits per heavy atom. The monoisotopic (exact) mass is 481 g/mol. The zero-order valence-corrected chi connectivity index (χ0v) is 19.0. The molecule has 0 amide bonds. The van der Waals surface area contributed by atoms with Crippen molar-refractivity contribution in [3.8, 4) is 17.1 Å². The first kappa shape index (κ1) is 22.5. The number of nitrogens with two attached hydrogens (primary N) is 1. The van der Waals surface area contributed by atoms with Crippen LogP contribution in [-0.4, -0.2) is 28.7 Å². The van der Waals surface area contributed by atoms with Gasteiger partial charge in [-0.3, -0.25) is 9.36 Å². The minimum Gasteiger partial charge on any atom is -0.355 e. The molecule has 6 nitrogen and oxygen atoms in total. The van der Waals surface area contributed by atoms with Crippen LogP contribution in [0.5, 0.6) is 0 Å². The number of rotatable bonds is 4. The van der Waals surface area contributed by atoms with Gasteiger partial charge in [0, 0.05) is 24.7 Å². The summed E-state index contributed by atoms with van der Waals surface area (Å²) in [6.45, 7) is 8.26. The Hall–Kier alpha value is -3.28. The molecule has 2 aliphatic rings. The number of hydrogen-bond acceptors (Lipinski definition) is 4. The average molecular weight is 482 g/mol. The molecule has 3 aromatic rings. The van der Waals surface area contributed by atoms with Crippen molar-refractivity contribution in [3.63, 3.8) is 0 Å². The lowest BCUT2D eigenvalue weighted by Crippen LogP contribution is -2.41. The maximum Gasteiger partial charge on any atom is 0.279 e. The maximum absolute atomic E-state index is 14.9. The molecule has 34 heavy (non-hydrogen) atoms. The van der Waals surface area contributed by atoms with E-state index in [0.29, 0.717) is 18.7 Å². The van der Waals surface area contributed by atoms with E-state index in [0.717, 1.165) is 31.7 Å². The predicted octanol–water partition coefficient (Wildman–Crippen LogP) is 5.19. The van der Waals surface area contributed by atoms with E-state index in [1.807, 2.05) is 4.90 Å². The fourth-order valence-corrected chi connectivity index (χ4v) is 4.61. The zero-order chi connectivity index (χ0) is 24.0. The number of benzene rings is 2. The third-order valence-electron chi connectivity index (χ3n) is 6.44. The van der Waals surface area contributed by atoms with E-state index >= 15 is 0 Å². The van der Waals surface area contributed by atoms with Crippen LogP contribution < -0.4 is 16.2 Å².